The van der Waals surface area contributed by atoms with E-state index in [0.29, 0.717) is 25.1 Å². The molecule has 0 radical (unpaired) electrons. The van der Waals surface area contributed by atoms with Crippen molar-refractivity contribution in [2.45, 2.75) is 51.0 Å². The molecule has 1 fully saturated rings. The van der Waals surface area contributed by atoms with E-state index >= 15 is 0 Å². The molecule has 6 nitrogen and oxygen atoms in total. The van der Waals surface area contributed by atoms with Crippen LogP contribution in [0.2, 0.25) is 0 Å². The summed E-state index contributed by atoms with van der Waals surface area (Å²) in [5.41, 5.74) is 3.12. The lowest BCUT2D eigenvalue weighted by molar-refractivity contribution is 0.0934. The summed E-state index contributed by atoms with van der Waals surface area (Å²) in [4.78, 5) is 13.2. The van der Waals surface area contributed by atoms with Gasteiger partial charge in [-0.1, -0.05) is 25.1 Å². The summed E-state index contributed by atoms with van der Waals surface area (Å²) < 4.78 is 32.6. The summed E-state index contributed by atoms with van der Waals surface area (Å²) in [5, 5.41) is 3.06. The van der Waals surface area contributed by atoms with Crippen LogP contribution in [0.1, 0.15) is 59.3 Å². The lowest BCUT2D eigenvalue weighted by Crippen LogP contribution is -2.30. The monoisotopic (exact) mass is 430 g/mol. The fourth-order valence-electron chi connectivity index (χ4n) is 3.86. The van der Waals surface area contributed by atoms with Crippen molar-refractivity contribution in [3.8, 4) is 5.75 Å². The zero-order valence-electron chi connectivity index (χ0n) is 18.1. The molecule has 30 heavy (non-hydrogen) atoms. The number of nitrogens with zero attached hydrogens (tertiary/aromatic N) is 1. The lowest BCUT2D eigenvalue weighted by atomic mass is 10.0. The number of carbonyl (C=O) groups excluding carboxylic acids is 1. The fourth-order valence-corrected chi connectivity index (χ4v) is 5.40. The highest BCUT2D eigenvalue weighted by Gasteiger charge is 2.28. The predicted molar refractivity (Wildman–Crippen MR) is 117 cm³/mol. The van der Waals surface area contributed by atoms with Crippen LogP contribution in [0.15, 0.2) is 41.3 Å². The largest absolute Gasteiger partial charge is 0.496 e. The third-order valence-corrected chi connectivity index (χ3v) is 7.59. The van der Waals surface area contributed by atoms with E-state index in [1.54, 1.807) is 19.2 Å². The number of nitrogens with one attached hydrogen (secondary N) is 1. The molecule has 3 rings (SSSR count). The van der Waals surface area contributed by atoms with E-state index in [9.17, 15) is 13.2 Å². The molecule has 1 heterocycles. The predicted octanol–water partition coefficient (Wildman–Crippen LogP) is 3.98. The first-order valence-electron chi connectivity index (χ1n) is 10.3. The van der Waals surface area contributed by atoms with Crippen molar-refractivity contribution in [3.05, 3.63) is 58.7 Å². The molecule has 1 amide bonds. The van der Waals surface area contributed by atoms with Gasteiger partial charge in [0, 0.05) is 18.7 Å². The molecule has 0 saturated carbocycles. The third kappa shape index (κ3) is 4.52. The quantitative estimate of drug-likeness (QED) is 0.721. The maximum atomic E-state index is 13.1. The second-order valence-corrected chi connectivity index (χ2v) is 9.69. The molecule has 1 saturated heterocycles. The van der Waals surface area contributed by atoms with Crippen molar-refractivity contribution < 1.29 is 17.9 Å². The Morgan fingerprint density at radius 2 is 1.80 bits per heavy atom. The van der Waals surface area contributed by atoms with Crippen LogP contribution < -0.4 is 10.1 Å². The maximum Gasteiger partial charge on any atom is 0.252 e. The highest BCUT2D eigenvalue weighted by Crippen LogP contribution is 2.26. The molecule has 0 bridgehead atoms. The van der Waals surface area contributed by atoms with Crippen molar-refractivity contribution in [1.82, 2.24) is 9.62 Å². The number of hydrogen-bond donors (Lipinski definition) is 1. The second-order valence-electron chi connectivity index (χ2n) is 7.75. The number of ether oxygens (including phenoxy) is 1. The molecule has 162 valence electrons. The smallest absolute Gasteiger partial charge is 0.252 e. The van der Waals surface area contributed by atoms with Gasteiger partial charge in [0.15, 0.2) is 0 Å². The lowest BCUT2D eigenvalue weighted by Gasteiger charge is -2.20. The van der Waals surface area contributed by atoms with Crippen molar-refractivity contribution in [2.24, 2.45) is 0 Å². The molecule has 2 aromatic carbocycles. The molecule has 1 aliphatic rings. The van der Waals surface area contributed by atoms with Crippen LogP contribution in [0.4, 0.5) is 0 Å². The number of aryl methyl sites for hydroxylation is 2. The molecule has 0 aliphatic carbocycles. The van der Waals surface area contributed by atoms with Gasteiger partial charge in [-0.05, 0) is 68.0 Å². The van der Waals surface area contributed by atoms with Gasteiger partial charge in [0.1, 0.15) is 5.75 Å². The fraction of sp³-hybridized carbons (Fsp3) is 0.435. The Kier molecular flexibility index (Phi) is 6.83. The van der Waals surface area contributed by atoms with Gasteiger partial charge in [0.25, 0.3) is 5.91 Å². The van der Waals surface area contributed by atoms with Crippen LogP contribution in [0.5, 0.6) is 5.75 Å². The zero-order valence-corrected chi connectivity index (χ0v) is 18.9. The Balaban J connectivity index is 1.86. The van der Waals surface area contributed by atoms with Gasteiger partial charge in [-0.2, -0.15) is 4.31 Å². The number of benzene rings is 2. The number of methoxy groups -OCH3 is 1. The molecule has 0 spiro atoms. The summed E-state index contributed by atoms with van der Waals surface area (Å²) >= 11 is 0. The van der Waals surface area contributed by atoms with Crippen LogP contribution in [0.25, 0.3) is 0 Å². The summed E-state index contributed by atoms with van der Waals surface area (Å²) in [6.45, 7) is 6.86. The Morgan fingerprint density at radius 1 is 1.10 bits per heavy atom. The number of sulfonamides is 1. The van der Waals surface area contributed by atoms with E-state index in [1.807, 2.05) is 39.0 Å². The summed E-state index contributed by atoms with van der Waals surface area (Å²) in [6.07, 6.45) is 2.46. The number of carbonyl (C=O) groups is 1. The third-order valence-electron chi connectivity index (χ3n) is 5.69. The zero-order chi connectivity index (χ0) is 21.9. The number of rotatable bonds is 7. The molecular weight excluding hydrogens is 400 g/mol. The van der Waals surface area contributed by atoms with Gasteiger partial charge >= 0.3 is 0 Å². The molecule has 7 heteroatoms. The minimum atomic E-state index is -3.57. The normalized spacial score (nSPS) is 15.7. The van der Waals surface area contributed by atoms with Crippen LogP contribution >= 0.6 is 0 Å². The van der Waals surface area contributed by atoms with Crippen molar-refractivity contribution in [2.75, 3.05) is 20.2 Å². The molecule has 0 aromatic heterocycles. The first-order chi connectivity index (χ1) is 14.3. The summed E-state index contributed by atoms with van der Waals surface area (Å²) in [6, 6.07) is 10.5. The van der Waals surface area contributed by atoms with Crippen LogP contribution in [-0.2, 0) is 10.0 Å². The van der Waals surface area contributed by atoms with Crippen LogP contribution in [-0.4, -0.2) is 38.8 Å². The number of hydrogen-bond acceptors (Lipinski definition) is 4. The molecular formula is C23H30N2O4S. The topological polar surface area (TPSA) is 75.7 Å². The number of amides is 1. The van der Waals surface area contributed by atoms with E-state index < -0.39 is 10.0 Å². The van der Waals surface area contributed by atoms with E-state index in [1.165, 1.54) is 10.4 Å². The molecule has 1 N–H and O–H groups in total. The molecule has 1 atom stereocenters. The van der Waals surface area contributed by atoms with E-state index in [0.717, 1.165) is 35.3 Å². The summed E-state index contributed by atoms with van der Waals surface area (Å²) in [7, 11) is -1.94. The Labute approximate surface area is 179 Å². The van der Waals surface area contributed by atoms with Gasteiger partial charge in [-0.3, -0.25) is 4.79 Å². The Bertz CT molecular complexity index is 1030. The maximum absolute atomic E-state index is 13.1. The van der Waals surface area contributed by atoms with E-state index in [4.69, 9.17) is 4.74 Å². The highest BCUT2D eigenvalue weighted by atomic mass is 32.2. The van der Waals surface area contributed by atoms with E-state index in [2.05, 4.69) is 5.32 Å². The average Bonchev–Trinajstić information content (AvgIpc) is 3.27. The van der Waals surface area contributed by atoms with Crippen molar-refractivity contribution in [3.63, 3.8) is 0 Å². The SMILES string of the molecule is CC[C@@H](NC(=O)c1cc(S(=O)(=O)N2CCCC2)ccc1C)c1ccc(OC)c(C)c1. The minimum Gasteiger partial charge on any atom is -0.496 e. The van der Waals surface area contributed by atoms with Crippen LogP contribution in [0, 0.1) is 13.8 Å². The minimum absolute atomic E-state index is 0.175. The van der Waals surface area contributed by atoms with Crippen LogP contribution in [0.3, 0.4) is 0 Å². The molecule has 2 aromatic rings. The van der Waals surface area contributed by atoms with E-state index in [-0.39, 0.29) is 16.8 Å². The standard InChI is InChI=1S/C23H30N2O4S/c1-5-21(18-9-11-22(29-4)17(3)14-18)24-23(26)20-15-19(10-8-16(20)2)30(27,28)25-12-6-7-13-25/h8-11,14-15,21H,5-7,12-13H2,1-4H3,(H,24,26)/t21-/m1/s1. The van der Waals surface area contributed by atoms with Gasteiger partial charge in [-0.15, -0.1) is 0 Å². The highest BCUT2D eigenvalue weighted by molar-refractivity contribution is 7.89. The van der Waals surface area contributed by atoms with Gasteiger partial charge in [0.05, 0.1) is 18.0 Å². The second kappa shape index (κ2) is 9.18. The molecule has 0 unspecified atom stereocenters. The van der Waals surface area contributed by atoms with Crippen molar-refractivity contribution in [1.29, 1.82) is 0 Å². The summed E-state index contributed by atoms with van der Waals surface area (Å²) in [5.74, 6) is 0.530. The van der Waals surface area contributed by atoms with Gasteiger partial charge in [0.2, 0.25) is 10.0 Å². The van der Waals surface area contributed by atoms with Crippen molar-refractivity contribution >= 4 is 15.9 Å². The van der Waals surface area contributed by atoms with Gasteiger partial charge in [-0.25, -0.2) is 8.42 Å². The Morgan fingerprint density at radius 3 is 2.40 bits per heavy atom. The first kappa shape index (κ1) is 22.3. The van der Waals surface area contributed by atoms with Gasteiger partial charge < -0.3 is 10.1 Å². The Hall–Kier alpha value is -2.38. The molecule has 1 aliphatic heterocycles. The first-order valence-corrected chi connectivity index (χ1v) is 11.8. The average molecular weight is 431 g/mol.